The summed E-state index contributed by atoms with van der Waals surface area (Å²) in [5, 5.41) is 0.264. The lowest BCUT2D eigenvalue weighted by Gasteiger charge is -2.09. The summed E-state index contributed by atoms with van der Waals surface area (Å²) >= 11 is 5.65. The lowest BCUT2D eigenvalue weighted by atomic mass is 10.0. The topological polar surface area (TPSA) is 26.3 Å². The van der Waals surface area contributed by atoms with Crippen molar-refractivity contribution < 1.29 is 18.3 Å². The lowest BCUT2D eigenvalue weighted by molar-refractivity contribution is -0.143. The SMILES string of the molecule is CCOC(=O)CCc1ccc(Cl)cc1C(F)F. The number of ether oxygens (including phenoxy) is 1. The smallest absolute Gasteiger partial charge is 0.306 e. The first-order chi connectivity index (χ1) is 8.04. The first-order valence-electron chi connectivity index (χ1n) is 5.26. The molecular weight excluding hydrogens is 250 g/mol. The predicted molar refractivity (Wildman–Crippen MR) is 61.4 cm³/mol. The Bertz CT molecular complexity index is 394. The van der Waals surface area contributed by atoms with Crippen molar-refractivity contribution >= 4 is 17.6 Å². The molecule has 1 rings (SSSR count). The molecule has 0 bridgehead atoms. The molecule has 0 radical (unpaired) electrons. The summed E-state index contributed by atoms with van der Waals surface area (Å²) in [6.45, 7) is 1.99. The van der Waals surface area contributed by atoms with E-state index in [0.717, 1.165) is 0 Å². The zero-order chi connectivity index (χ0) is 12.8. The average Bonchev–Trinajstić information content (AvgIpc) is 2.27. The van der Waals surface area contributed by atoms with E-state index in [1.54, 1.807) is 6.92 Å². The molecule has 2 nitrogen and oxygen atoms in total. The van der Waals surface area contributed by atoms with Crippen LogP contribution in [-0.2, 0) is 16.0 Å². The Kier molecular flexibility index (Phi) is 5.35. The van der Waals surface area contributed by atoms with Crippen LogP contribution in [0.25, 0.3) is 0 Å². The van der Waals surface area contributed by atoms with Gasteiger partial charge in [-0.2, -0.15) is 0 Å². The minimum absolute atomic E-state index is 0.0925. The molecule has 1 aromatic carbocycles. The summed E-state index contributed by atoms with van der Waals surface area (Å²) in [6, 6.07) is 4.28. The van der Waals surface area contributed by atoms with Crippen molar-refractivity contribution in [3.63, 3.8) is 0 Å². The number of aryl methyl sites for hydroxylation is 1. The second kappa shape index (κ2) is 6.55. The Morgan fingerprint density at radius 2 is 2.18 bits per heavy atom. The molecule has 0 unspecified atom stereocenters. The van der Waals surface area contributed by atoms with E-state index in [4.69, 9.17) is 16.3 Å². The average molecular weight is 263 g/mol. The molecule has 94 valence electrons. The Morgan fingerprint density at radius 3 is 2.76 bits per heavy atom. The molecule has 1 aromatic rings. The fraction of sp³-hybridized carbons (Fsp3) is 0.417. The Morgan fingerprint density at radius 1 is 1.47 bits per heavy atom. The molecule has 0 spiro atoms. The molecule has 0 N–H and O–H groups in total. The van der Waals surface area contributed by atoms with Crippen molar-refractivity contribution in [3.8, 4) is 0 Å². The van der Waals surface area contributed by atoms with Crippen LogP contribution in [0.15, 0.2) is 18.2 Å². The number of hydrogen-bond acceptors (Lipinski definition) is 2. The zero-order valence-corrected chi connectivity index (χ0v) is 10.1. The molecule has 5 heteroatoms. The number of rotatable bonds is 5. The molecule has 0 aliphatic carbocycles. The van der Waals surface area contributed by atoms with Gasteiger partial charge in [0.1, 0.15) is 0 Å². The molecule has 0 aliphatic rings. The molecule has 0 amide bonds. The van der Waals surface area contributed by atoms with Crippen LogP contribution in [-0.4, -0.2) is 12.6 Å². The fourth-order valence-corrected chi connectivity index (χ4v) is 1.65. The van der Waals surface area contributed by atoms with Gasteiger partial charge in [0, 0.05) is 17.0 Å². The van der Waals surface area contributed by atoms with Gasteiger partial charge < -0.3 is 4.74 Å². The minimum Gasteiger partial charge on any atom is -0.466 e. The van der Waals surface area contributed by atoms with Crippen molar-refractivity contribution in [2.24, 2.45) is 0 Å². The summed E-state index contributed by atoms with van der Waals surface area (Å²) < 4.78 is 30.1. The van der Waals surface area contributed by atoms with E-state index in [1.807, 2.05) is 0 Å². The third-order valence-corrected chi connectivity index (χ3v) is 2.48. The largest absolute Gasteiger partial charge is 0.466 e. The van der Waals surface area contributed by atoms with Crippen molar-refractivity contribution in [1.29, 1.82) is 0 Å². The van der Waals surface area contributed by atoms with Gasteiger partial charge in [-0.1, -0.05) is 17.7 Å². The van der Waals surface area contributed by atoms with E-state index in [1.165, 1.54) is 18.2 Å². The van der Waals surface area contributed by atoms with Gasteiger partial charge in [0.15, 0.2) is 0 Å². The maximum Gasteiger partial charge on any atom is 0.306 e. The molecular formula is C12H13ClF2O2. The predicted octanol–water partition coefficient (Wildman–Crippen LogP) is 3.77. The number of esters is 1. The summed E-state index contributed by atoms with van der Waals surface area (Å²) in [6.07, 6.45) is -2.27. The van der Waals surface area contributed by atoms with Crippen molar-refractivity contribution in [2.45, 2.75) is 26.2 Å². The van der Waals surface area contributed by atoms with E-state index < -0.39 is 6.43 Å². The van der Waals surface area contributed by atoms with Gasteiger partial charge in [-0.15, -0.1) is 0 Å². The van der Waals surface area contributed by atoms with Crippen molar-refractivity contribution in [3.05, 3.63) is 34.3 Å². The van der Waals surface area contributed by atoms with Gasteiger partial charge in [-0.25, -0.2) is 8.78 Å². The van der Waals surface area contributed by atoms with Crippen LogP contribution in [0.5, 0.6) is 0 Å². The van der Waals surface area contributed by atoms with Crippen LogP contribution in [0, 0.1) is 0 Å². The van der Waals surface area contributed by atoms with Gasteiger partial charge >= 0.3 is 5.97 Å². The number of benzene rings is 1. The second-order valence-corrected chi connectivity index (χ2v) is 3.89. The Labute approximate surface area is 104 Å². The van der Waals surface area contributed by atoms with E-state index in [2.05, 4.69) is 0 Å². The molecule has 17 heavy (non-hydrogen) atoms. The van der Waals surface area contributed by atoms with Crippen LogP contribution >= 0.6 is 11.6 Å². The standard InChI is InChI=1S/C12H13ClF2O2/c1-2-17-11(16)6-4-8-3-5-9(13)7-10(8)12(14)15/h3,5,7,12H,2,4,6H2,1H3. The van der Waals surface area contributed by atoms with E-state index in [-0.39, 0.29) is 29.4 Å². The second-order valence-electron chi connectivity index (χ2n) is 3.45. The summed E-state index contributed by atoms with van der Waals surface area (Å²) in [5.74, 6) is -0.386. The maximum atomic E-state index is 12.7. The molecule has 0 atom stereocenters. The molecule has 0 aromatic heterocycles. The van der Waals surface area contributed by atoms with Gasteiger partial charge in [0.05, 0.1) is 6.61 Å². The molecule has 0 aliphatic heterocycles. The lowest BCUT2D eigenvalue weighted by Crippen LogP contribution is -2.06. The third kappa shape index (κ3) is 4.30. The number of halogens is 3. The van der Waals surface area contributed by atoms with Crippen LogP contribution in [0.3, 0.4) is 0 Å². The Balaban J connectivity index is 2.73. The van der Waals surface area contributed by atoms with Gasteiger partial charge in [0.2, 0.25) is 0 Å². The number of carbonyl (C=O) groups is 1. The van der Waals surface area contributed by atoms with E-state index in [9.17, 15) is 13.6 Å². The molecule has 0 fully saturated rings. The van der Waals surface area contributed by atoms with Crippen LogP contribution in [0.4, 0.5) is 8.78 Å². The van der Waals surface area contributed by atoms with Gasteiger partial charge in [-0.05, 0) is 31.0 Å². The molecule has 0 saturated heterocycles. The van der Waals surface area contributed by atoms with Crippen molar-refractivity contribution in [2.75, 3.05) is 6.61 Å². The summed E-state index contributed by atoms with van der Waals surface area (Å²) in [5.41, 5.74) is 0.305. The van der Waals surface area contributed by atoms with E-state index >= 15 is 0 Å². The Hall–Kier alpha value is -1.16. The maximum absolute atomic E-state index is 12.7. The highest BCUT2D eigenvalue weighted by Gasteiger charge is 2.14. The highest BCUT2D eigenvalue weighted by Crippen LogP contribution is 2.27. The zero-order valence-electron chi connectivity index (χ0n) is 9.38. The van der Waals surface area contributed by atoms with Crippen LogP contribution in [0.2, 0.25) is 5.02 Å². The quantitative estimate of drug-likeness (QED) is 0.755. The monoisotopic (exact) mass is 262 g/mol. The van der Waals surface area contributed by atoms with E-state index in [0.29, 0.717) is 12.2 Å². The first-order valence-corrected chi connectivity index (χ1v) is 5.64. The fourth-order valence-electron chi connectivity index (χ4n) is 1.47. The highest BCUT2D eigenvalue weighted by atomic mass is 35.5. The highest BCUT2D eigenvalue weighted by molar-refractivity contribution is 6.30. The molecule has 0 heterocycles. The number of alkyl halides is 2. The number of carbonyl (C=O) groups excluding carboxylic acids is 1. The number of hydrogen-bond donors (Lipinski definition) is 0. The van der Waals surface area contributed by atoms with Crippen LogP contribution in [0.1, 0.15) is 30.9 Å². The molecule has 0 saturated carbocycles. The van der Waals surface area contributed by atoms with Crippen molar-refractivity contribution in [1.82, 2.24) is 0 Å². The normalized spacial score (nSPS) is 10.6. The third-order valence-electron chi connectivity index (χ3n) is 2.25. The van der Waals surface area contributed by atoms with Gasteiger partial charge in [0.25, 0.3) is 6.43 Å². The summed E-state index contributed by atoms with van der Waals surface area (Å²) in [7, 11) is 0. The summed E-state index contributed by atoms with van der Waals surface area (Å²) in [4.78, 5) is 11.1. The minimum atomic E-state index is -2.59. The van der Waals surface area contributed by atoms with Gasteiger partial charge in [-0.3, -0.25) is 4.79 Å². The van der Waals surface area contributed by atoms with Crippen LogP contribution < -0.4 is 0 Å². The first kappa shape index (κ1) is 13.9.